The molecular weight excluding hydrogens is 368 g/mol. The van der Waals surface area contributed by atoms with Gasteiger partial charge in [0.15, 0.2) is 0 Å². The van der Waals surface area contributed by atoms with Crippen molar-refractivity contribution in [2.24, 2.45) is 0 Å². The fraction of sp³-hybridized carbons (Fsp3) is 0.188. The number of hydrogen-bond acceptors (Lipinski definition) is 3. The summed E-state index contributed by atoms with van der Waals surface area (Å²) < 4.78 is 2.15. The largest absolute Gasteiger partial charge is 0.313 e. The Labute approximate surface area is 141 Å². The molecule has 0 aliphatic rings. The highest BCUT2D eigenvalue weighted by Crippen LogP contribution is 2.29. The number of halogens is 2. The van der Waals surface area contributed by atoms with E-state index in [0.29, 0.717) is 0 Å². The fourth-order valence-corrected chi connectivity index (χ4v) is 3.75. The molecule has 0 amide bonds. The van der Waals surface area contributed by atoms with Crippen LogP contribution >= 0.6 is 38.9 Å². The highest BCUT2D eigenvalue weighted by Gasteiger charge is 2.14. The molecule has 108 valence electrons. The highest BCUT2D eigenvalue weighted by atomic mass is 79.9. The van der Waals surface area contributed by atoms with E-state index in [-0.39, 0.29) is 6.04 Å². The number of likely N-dealkylation sites (N-methyl/N-ethyl adjacent to an activating group) is 1. The summed E-state index contributed by atoms with van der Waals surface area (Å²) in [6.07, 6.45) is 0.855. The molecular formula is C16H14BrClN2S. The normalized spacial score (nSPS) is 12.7. The summed E-state index contributed by atoms with van der Waals surface area (Å²) in [7, 11) is 1.97. The lowest BCUT2D eigenvalue weighted by atomic mass is 10.0. The standard InChI is InChI=1S/C16H14BrClN2S/c1-19-14(10-6-7-11(17)12(18)8-10)9-16-20-13-4-2-3-5-15(13)21-16/h2-8,14,19H,9H2,1H3. The van der Waals surface area contributed by atoms with Crippen molar-refractivity contribution in [3.63, 3.8) is 0 Å². The lowest BCUT2D eigenvalue weighted by molar-refractivity contribution is 0.591. The van der Waals surface area contributed by atoms with Crippen LogP contribution in [0.2, 0.25) is 5.02 Å². The van der Waals surface area contributed by atoms with Gasteiger partial charge in [-0.05, 0) is 52.8 Å². The van der Waals surface area contributed by atoms with Crippen LogP contribution in [0.5, 0.6) is 0 Å². The van der Waals surface area contributed by atoms with E-state index in [1.807, 2.05) is 31.3 Å². The smallest absolute Gasteiger partial charge is 0.0957 e. The van der Waals surface area contributed by atoms with Gasteiger partial charge in [-0.3, -0.25) is 0 Å². The summed E-state index contributed by atoms with van der Waals surface area (Å²) in [5, 5.41) is 5.22. The monoisotopic (exact) mass is 380 g/mol. The van der Waals surface area contributed by atoms with Crippen LogP contribution in [0, 0.1) is 0 Å². The van der Waals surface area contributed by atoms with Crippen LogP contribution in [0.3, 0.4) is 0 Å². The number of para-hydroxylation sites is 1. The number of benzene rings is 2. The molecule has 3 aromatic rings. The summed E-state index contributed by atoms with van der Waals surface area (Å²) in [4.78, 5) is 4.70. The van der Waals surface area contributed by atoms with Crippen molar-refractivity contribution in [2.45, 2.75) is 12.5 Å². The minimum atomic E-state index is 0.205. The van der Waals surface area contributed by atoms with Gasteiger partial charge in [-0.25, -0.2) is 4.98 Å². The maximum atomic E-state index is 6.19. The molecule has 5 heteroatoms. The summed E-state index contributed by atoms with van der Waals surface area (Å²) in [6, 6.07) is 14.5. The Morgan fingerprint density at radius 2 is 2.10 bits per heavy atom. The van der Waals surface area contributed by atoms with Crippen LogP contribution in [-0.4, -0.2) is 12.0 Å². The van der Waals surface area contributed by atoms with Crippen LogP contribution in [0.25, 0.3) is 10.2 Å². The van der Waals surface area contributed by atoms with Crippen LogP contribution in [0.4, 0.5) is 0 Å². The third-order valence-electron chi connectivity index (χ3n) is 3.41. The number of thiazole rings is 1. The zero-order valence-corrected chi connectivity index (χ0v) is 14.6. The van der Waals surface area contributed by atoms with Gasteiger partial charge in [-0.1, -0.05) is 29.8 Å². The van der Waals surface area contributed by atoms with E-state index in [1.54, 1.807) is 11.3 Å². The predicted octanol–water partition coefficient (Wildman–Crippen LogP) is 5.22. The quantitative estimate of drug-likeness (QED) is 0.670. The van der Waals surface area contributed by atoms with Crippen molar-refractivity contribution >= 4 is 49.1 Å². The molecule has 1 aromatic heterocycles. The number of rotatable bonds is 4. The molecule has 0 fully saturated rings. The molecule has 0 radical (unpaired) electrons. The second-order valence-corrected chi connectivity index (χ2v) is 7.17. The number of hydrogen-bond donors (Lipinski definition) is 1. The first kappa shape index (κ1) is 15.0. The average molecular weight is 382 g/mol. The number of nitrogens with one attached hydrogen (secondary N) is 1. The van der Waals surface area contributed by atoms with E-state index in [1.165, 1.54) is 10.3 Å². The lowest BCUT2D eigenvalue weighted by Gasteiger charge is -2.16. The SMILES string of the molecule is CNC(Cc1nc2ccccc2s1)c1ccc(Br)c(Cl)c1. The zero-order valence-electron chi connectivity index (χ0n) is 11.4. The maximum Gasteiger partial charge on any atom is 0.0957 e. The predicted molar refractivity (Wildman–Crippen MR) is 94.3 cm³/mol. The molecule has 1 unspecified atom stereocenters. The topological polar surface area (TPSA) is 24.9 Å². The second kappa shape index (κ2) is 6.44. The third-order valence-corrected chi connectivity index (χ3v) is 5.70. The summed E-state index contributed by atoms with van der Waals surface area (Å²) >= 11 is 11.4. The minimum absolute atomic E-state index is 0.205. The Balaban J connectivity index is 1.88. The van der Waals surface area contributed by atoms with Gasteiger partial charge in [-0.15, -0.1) is 11.3 Å². The molecule has 21 heavy (non-hydrogen) atoms. The molecule has 2 nitrogen and oxygen atoms in total. The van der Waals surface area contributed by atoms with Crippen LogP contribution < -0.4 is 5.32 Å². The molecule has 3 rings (SSSR count). The van der Waals surface area contributed by atoms with Gasteiger partial charge >= 0.3 is 0 Å². The summed E-state index contributed by atoms with van der Waals surface area (Å²) in [6.45, 7) is 0. The van der Waals surface area contributed by atoms with Crippen molar-refractivity contribution in [2.75, 3.05) is 7.05 Å². The van der Waals surface area contributed by atoms with Gasteiger partial charge in [0, 0.05) is 16.9 Å². The third kappa shape index (κ3) is 3.29. The molecule has 0 aliphatic carbocycles. The van der Waals surface area contributed by atoms with Crippen LogP contribution in [-0.2, 0) is 6.42 Å². The van der Waals surface area contributed by atoms with Gasteiger partial charge in [0.2, 0.25) is 0 Å². The molecule has 2 aromatic carbocycles. The molecule has 0 spiro atoms. The first-order valence-electron chi connectivity index (χ1n) is 6.64. The summed E-state index contributed by atoms with van der Waals surface area (Å²) in [5.74, 6) is 0. The maximum absolute atomic E-state index is 6.19. The zero-order chi connectivity index (χ0) is 14.8. The first-order valence-corrected chi connectivity index (χ1v) is 8.63. The van der Waals surface area contributed by atoms with Crippen molar-refractivity contribution in [1.82, 2.24) is 10.3 Å². The lowest BCUT2D eigenvalue weighted by Crippen LogP contribution is -2.18. The molecule has 0 aliphatic heterocycles. The minimum Gasteiger partial charge on any atom is -0.313 e. The fourth-order valence-electron chi connectivity index (χ4n) is 2.30. The van der Waals surface area contributed by atoms with E-state index < -0.39 is 0 Å². The molecule has 1 heterocycles. The Hall–Kier alpha value is -0.940. The van der Waals surface area contributed by atoms with Gasteiger partial charge in [0.1, 0.15) is 0 Å². The van der Waals surface area contributed by atoms with E-state index in [9.17, 15) is 0 Å². The molecule has 1 N–H and O–H groups in total. The van der Waals surface area contributed by atoms with Crippen molar-refractivity contribution in [1.29, 1.82) is 0 Å². The van der Waals surface area contributed by atoms with Crippen LogP contribution in [0.15, 0.2) is 46.9 Å². The molecule has 0 saturated carbocycles. The highest BCUT2D eigenvalue weighted by molar-refractivity contribution is 9.10. The Bertz CT molecular complexity index is 739. The van der Waals surface area contributed by atoms with Gasteiger partial charge in [0.05, 0.1) is 20.2 Å². The number of aromatic nitrogens is 1. The van der Waals surface area contributed by atoms with E-state index in [4.69, 9.17) is 16.6 Å². The van der Waals surface area contributed by atoms with Crippen molar-refractivity contribution in [3.8, 4) is 0 Å². The van der Waals surface area contributed by atoms with E-state index in [2.05, 4.69) is 39.4 Å². The van der Waals surface area contributed by atoms with Crippen molar-refractivity contribution < 1.29 is 0 Å². The number of fused-ring (bicyclic) bond motifs is 1. The number of nitrogens with zero attached hydrogens (tertiary/aromatic N) is 1. The summed E-state index contributed by atoms with van der Waals surface area (Å²) in [5.41, 5.74) is 2.24. The molecule has 1 atom stereocenters. The molecule has 0 bridgehead atoms. The van der Waals surface area contributed by atoms with Crippen LogP contribution in [0.1, 0.15) is 16.6 Å². The van der Waals surface area contributed by atoms with Crippen molar-refractivity contribution in [3.05, 3.63) is 62.5 Å². The second-order valence-electron chi connectivity index (χ2n) is 4.79. The first-order chi connectivity index (χ1) is 10.2. The Morgan fingerprint density at radius 1 is 1.29 bits per heavy atom. The van der Waals surface area contributed by atoms with Gasteiger partial charge in [0.25, 0.3) is 0 Å². The molecule has 0 saturated heterocycles. The average Bonchev–Trinajstić information content (AvgIpc) is 2.90. The van der Waals surface area contributed by atoms with Gasteiger partial charge < -0.3 is 5.32 Å². The van der Waals surface area contributed by atoms with Gasteiger partial charge in [-0.2, -0.15) is 0 Å². The van der Waals surface area contributed by atoms with E-state index in [0.717, 1.165) is 26.4 Å². The Morgan fingerprint density at radius 3 is 2.81 bits per heavy atom. The van der Waals surface area contributed by atoms with E-state index >= 15 is 0 Å². The Kier molecular flexibility index (Phi) is 4.60.